The summed E-state index contributed by atoms with van der Waals surface area (Å²) in [4.78, 5) is 28.0. The molecule has 0 unspecified atom stereocenters. The molecule has 6 rings (SSSR count). The predicted octanol–water partition coefficient (Wildman–Crippen LogP) is 6.13. The zero-order chi connectivity index (χ0) is 28.8. The summed E-state index contributed by atoms with van der Waals surface area (Å²) in [7, 11) is 1.79. The van der Waals surface area contributed by atoms with Gasteiger partial charge in [-0.15, -0.1) is 0 Å². The first-order valence-electron chi connectivity index (χ1n) is 14.6. The Kier molecular flexibility index (Phi) is 7.30. The first-order chi connectivity index (χ1) is 19.7. The molecule has 2 aliphatic heterocycles. The molecule has 9 heteroatoms. The van der Waals surface area contributed by atoms with Gasteiger partial charge in [-0.25, -0.2) is 8.78 Å². The molecule has 2 amide bonds. The van der Waals surface area contributed by atoms with E-state index >= 15 is 0 Å². The Morgan fingerprint density at radius 3 is 2.44 bits per heavy atom. The Morgan fingerprint density at radius 1 is 1.00 bits per heavy atom. The molecule has 1 fully saturated rings. The number of halogens is 2. The van der Waals surface area contributed by atoms with Gasteiger partial charge in [0.2, 0.25) is 11.8 Å². The normalized spacial score (nSPS) is 20.2. The highest BCUT2D eigenvalue weighted by Crippen LogP contribution is 2.45. The van der Waals surface area contributed by atoms with Gasteiger partial charge in [0.1, 0.15) is 0 Å². The van der Waals surface area contributed by atoms with Crippen molar-refractivity contribution < 1.29 is 18.4 Å². The summed E-state index contributed by atoms with van der Waals surface area (Å²) in [6, 6.07) is 8.32. The monoisotopic (exact) mass is 561 g/mol. The van der Waals surface area contributed by atoms with E-state index in [1.807, 2.05) is 11.0 Å². The van der Waals surface area contributed by atoms with Crippen LogP contribution in [0.15, 0.2) is 36.7 Å². The first kappa shape index (κ1) is 27.4. The standard InChI is InChI=1S/C32H37F2N5O2/c1-19(40)36-26-8-6-21(7-9-26)23-11-24-17-38(20(2)41)18-29(24)31(13-23)39-10-4-5-22-12-27(25-15-35-37(3)16-25)28(32(33)34)14-30(22)39/h11-16,21,26,32H,4-10,17-18H2,1-3H3,(H,36,40)/t21-,26+. The van der Waals surface area contributed by atoms with Crippen molar-refractivity contribution in [3.8, 4) is 11.1 Å². The number of aromatic nitrogens is 2. The topological polar surface area (TPSA) is 70.5 Å². The van der Waals surface area contributed by atoms with Gasteiger partial charge in [0, 0.05) is 80.8 Å². The Hall–Kier alpha value is -3.75. The number of alkyl halides is 2. The number of nitrogens with one attached hydrogen (secondary N) is 1. The van der Waals surface area contributed by atoms with Gasteiger partial charge in [-0.1, -0.05) is 6.07 Å². The molecule has 0 bridgehead atoms. The summed E-state index contributed by atoms with van der Waals surface area (Å²) in [6.45, 7) is 4.98. The van der Waals surface area contributed by atoms with E-state index in [4.69, 9.17) is 0 Å². The molecule has 0 spiro atoms. The zero-order valence-electron chi connectivity index (χ0n) is 23.9. The molecular weight excluding hydrogens is 524 g/mol. The molecule has 7 nitrogen and oxygen atoms in total. The van der Waals surface area contributed by atoms with Crippen LogP contribution in [0.5, 0.6) is 0 Å². The highest BCUT2D eigenvalue weighted by molar-refractivity contribution is 5.80. The maximum atomic E-state index is 14.5. The summed E-state index contributed by atoms with van der Waals surface area (Å²) in [5.41, 5.74) is 7.63. The van der Waals surface area contributed by atoms with Crippen molar-refractivity contribution in [3.05, 3.63) is 64.5 Å². The Morgan fingerprint density at radius 2 is 1.78 bits per heavy atom. The quantitative estimate of drug-likeness (QED) is 0.407. The third kappa shape index (κ3) is 5.34. The van der Waals surface area contributed by atoms with E-state index in [-0.39, 0.29) is 23.4 Å². The van der Waals surface area contributed by atoms with Crippen molar-refractivity contribution >= 4 is 23.2 Å². The largest absolute Gasteiger partial charge is 0.354 e. The van der Waals surface area contributed by atoms with Crippen molar-refractivity contribution in [3.63, 3.8) is 0 Å². The fourth-order valence-corrected chi connectivity index (χ4v) is 6.96. The third-order valence-electron chi connectivity index (χ3n) is 9.01. The van der Waals surface area contributed by atoms with Crippen molar-refractivity contribution in [1.29, 1.82) is 0 Å². The van der Waals surface area contributed by atoms with Crippen LogP contribution in [0.3, 0.4) is 0 Å². The molecule has 41 heavy (non-hydrogen) atoms. The maximum Gasteiger partial charge on any atom is 0.264 e. The number of benzene rings is 2. The Bertz CT molecular complexity index is 1490. The van der Waals surface area contributed by atoms with Crippen molar-refractivity contribution in [1.82, 2.24) is 20.0 Å². The highest BCUT2D eigenvalue weighted by Gasteiger charge is 2.32. The Balaban J connectivity index is 1.41. The number of aryl methyl sites for hydroxylation is 2. The molecule has 3 aliphatic rings. The van der Waals surface area contributed by atoms with Gasteiger partial charge in [0.15, 0.2) is 0 Å². The van der Waals surface area contributed by atoms with Crippen LogP contribution in [0.2, 0.25) is 0 Å². The van der Waals surface area contributed by atoms with Gasteiger partial charge in [0.25, 0.3) is 6.43 Å². The van der Waals surface area contributed by atoms with Crippen LogP contribution in [0, 0.1) is 0 Å². The number of anilines is 2. The third-order valence-corrected chi connectivity index (χ3v) is 9.01. The molecule has 3 heterocycles. The number of hydrogen-bond acceptors (Lipinski definition) is 4. The summed E-state index contributed by atoms with van der Waals surface area (Å²) >= 11 is 0. The number of hydrogen-bond donors (Lipinski definition) is 1. The molecule has 216 valence electrons. The van der Waals surface area contributed by atoms with Crippen LogP contribution >= 0.6 is 0 Å². The van der Waals surface area contributed by atoms with Gasteiger partial charge < -0.3 is 15.1 Å². The molecule has 1 N–H and O–H groups in total. The average molecular weight is 562 g/mol. The number of amides is 2. The lowest BCUT2D eigenvalue weighted by Gasteiger charge is -2.35. The number of fused-ring (bicyclic) bond motifs is 2. The summed E-state index contributed by atoms with van der Waals surface area (Å²) < 4.78 is 30.6. The SMILES string of the molecule is CC(=O)N[C@H]1CC[C@@H](c2cc3c(c(N4CCCc5cc(-c6cnn(C)c6)c(C(F)F)cc54)c2)CN(C(C)=O)C3)CC1. The van der Waals surface area contributed by atoms with Crippen molar-refractivity contribution in [2.24, 2.45) is 7.05 Å². The zero-order valence-corrected chi connectivity index (χ0v) is 23.9. The van der Waals surface area contributed by atoms with Crippen LogP contribution in [-0.4, -0.2) is 39.1 Å². The molecule has 3 aromatic rings. The fraction of sp³-hybridized carbons (Fsp3) is 0.469. The molecule has 1 aliphatic carbocycles. The van der Waals surface area contributed by atoms with E-state index < -0.39 is 6.43 Å². The number of carbonyl (C=O) groups is 2. The second-order valence-electron chi connectivity index (χ2n) is 11.8. The average Bonchev–Trinajstić information content (AvgIpc) is 3.58. The lowest BCUT2D eigenvalue weighted by atomic mass is 9.80. The second kappa shape index (κ2) is 10.9. The number of carbonyl (C=O) groups excluding carboxylic acids is 2. The summed E-state index contributed by atoms with van der Waals surface area (Å²) in [6.07, 6.45) is 6.32. The number of nitrogens with zero attached hydrogens (tertiary/aromatic N) is 4. The van der Waals surface area contributed by atoms with E-state index in [2.05, 4.69) is 27.4 Å². The van der Waals surface area contributed by atoms with Gasteiger partial charge in [-0.3, -0.25) is 14.3 Å². The molecule has 2 aromatic carbocycles. The van der Waals surface area contributed by atoms with Crippen LogP contribution in [0.1, 0.15) is 86.1 Å². The lowest BCUT2D eigenvalue weighted by Crippen LogP contribution is -2.35. The Labute approximate surface area is 239 Å². The second-order valence-corrected chi connectivity index (χ2v) is 11.8. The molecular formula is C32H37F2N5O2. The molecule has 0 atom stereocenters. The minimum absolute atomic E-state index is 0.0104. The van der Waals surface area contributed by atoms with E-state index in [1.54, 1.807) is 44.0 Å². The lowest BCUT2D eigenvalue weighted by molar-refractivity contribution is -0.129. The minimum atomic E-state index is -2.62. The fourth-order valence-electron chi connectivity index (χ4n) is 6.96. The predicted molar refractivity (Wildman–Crippen MR) is 154 cm³/mol. The first-order valence-corrected chi connectivity index (χ1v) is 14.6. The highest BCUT2D eigenvalue weighted by atomic mass is 19.3. The van der Waals surface area contributed by atoms with E-state index in [0.29, 0.717) is 30.1 Å². The molecule has 1 saturated carbocycles. The van der Waals surface area contributed by atoms with Gasteiger partial charge in [0.05, 0.1) is 6.20 Å². The van der Waals surface area contributed by atoms with Gasteiger partial charge in [-0.2, -0.15) is 5.10 Å². The summed E-state index contributed by atoms with van der Waals surface area (Å²) in [5.74, 6) is 0.394. The molecule has 0 saturated heterocycles. The van der Waals surface area contributed by atoms with Crippen LogP contribution in [0.25, 0.3) is 11.1 Å². The molecule has 1 aromatic heterocycles. The van der Waals surface area contributed by atoms with E-state index in [9.17, 15) is 18.4 Å². The van der Waals surface area contributed by atoms with Crippen molar-refractivity contribution in [2.75, 3.05) is 11.4 Å². The minimum Gasteiger partial charge on any atom is -0.354 e. The van der Waals surface area contributed by atoms with Crippen LogP contribution in [-0.2, 0) is 36.1 Å². The maximum absolute atomic E-state index is 14.5. The molecule has 0 radical (unpaired) electrons. The van der Waals surface area contributed by atoms with Crippen LogP contribution in [0.4, 0.5) is 20.2 Å². The van der Waals surface area contributed by atoms with Gasteiger partial charge >= 0.3 is 0 Å². The number of rotatable bonds is 5. The summed E-state index contributed by atoms with van der Waals surface area (Å²) in [5, 5.41) is 7.27. The van der Waals surface area contributed by atoms with E-state index in [1.165, 1.54) is 5.56 Å². The van der Waals surface area contributed by atoms with Gasteiger partial charge in [-0.05, 0) is 84.9 Å². The smallest absolute Gasteiger partial charge is 0.264 e. The van der Waals surface area contributed by atoms with Crippen LogP contribution < -0.4 is 10.2 Å². The van der Waals surface area contributed by atoms with E-state index in [0.717, 1.165) is 73.1 Å². The van der Waals surface area contributed by atoms with Crippen molar-refractivity contribution in [2.45, 2.75) is 83.8 Å².